The summed E-state index contributed by atoms with van der Waals surface area (Å²) in [5.74, 6) is -0.0824. The van der Waals surface area contributed by atoms with E-state index in [2.05, 4.69) is 5.32 Å². The van der Waals surface area contributed by atoms with Gasteiger partial charge in [0.25, 0.3) is 0 Å². The quantitative estimate of drug-likeness (QED) is 0.721. The number of likely N-dealkylation sites (N-methyl/N-ethyl adjacent to an activating group) is 1. The second-order valence-corrected chi connectivity index (χ2v) is 5.34. The second-order valence-electron chi connectivity index (χ2n) is 5.34. The van der Waals surface area contributed by atoms with Gasteiger partial charge in [0, 0.05) is 39.2 Å². The van der Waals surface area contributed by atoms with Crippen LogP contribution < -0.4 is 5.32 Å². The van der Waals surface area contributed by atoms with Crippen LogP contribution in [0.5, 0.6) is 0 Å². The average molecular weight is 255 g/mol. The van der Waals surface area contributed by atoms with Crippen molar-refractivity contribution in [3.05, 3.63) is 0 Å². The summed E-state index contributed by atoms with van der Waals surface area (Å²) in [6.07, 6.45) is 2.21. The molecule has 0 radical (unpaired) electrons. The monoisotopic (exact) mass is 255 g/mol. The number of hydrogen-bond acceptors (Lipinski definition) is 3. The Morgan fingerprint density at radius 3 is 2.67 bits per heavy atom. The molecule has 6 heteroatoms. The summed E-state index contributed by atoms with van der Waals surface area (Å²) in [5.41, 5.74) is 0.149. The van der Waals surface area contributed by atoms with Crippen molar-refractivity contribution in [2.24, 2.45) is 5.41 Å². The number of hydrogen-bond donors (Lipinski definition) is 1. The summed E-state index contributed by atoms with van der Waals surface area (Å²) < 4.78 is 5.14. The molecule has 1 heterocycles. The van der Waals surface area contributed by atoms with Gasteiger partial charge in [0.15, 0.2) is 0 Å². The Bertz CT molecular complexity index is 341. The molecule has 1 N–H and O–H groups in total. The number of urea groups is 1. The molecule has 0 spiro atoms. The lowest BCUT2D eigenvalue weighted by molar-refractivity contribution is -0.121. The van der Waals surface area contributed by atoms with Gasteiger partial charge >= 0.3 is 6.03 Å². The van der Waals surface area contributed by atoms with E-state index < -0.39 is 0 Å². The van der Waals surface area contributed by atoms with Gasteiger partial charge in [-0.1, -0.05) is 0 Å². The Hall–Kier alpha value is -1.30. The Kier molecular flexibility index (Phi) is 3.75. The maximum absolute atomic E-state index is 11.8. The van der Waals surface area contributed by atoms with Crippen LogP contribution in [0, 0.1) is 5.41 Å². The van der Waals surface area contributed by atoms with Crippen LogP contribution in [0.4, 0.5) is 4.79 Å². The van der Waals surface area contributed by atoms with Crippen LogP contribution in [0.15, 0.2) is 0 Å². The highest BCUT2D eigenvalue weighted by atomic mass is 16.5. The van der Waals surface area contributed by atoms with Crippen molar-refractivity contribution in [1.82, 2.24) is 15.1 Å². The van der Waals surface area contributed by atoms with Gasteiger partial charge in [-0.3, -0.25) is 4.79 Å². The van der Waals surface area contributed by atoms with Crippen molar-refractivity contribution in [2.45, 2.75) is 12.8 Å². The van der Waals surface area contributed by atoms with Gasteiger partial charge in [0.05, 0.1) is 6.61 Å². The average Bonchev–Trinajstić information content (AvgIpc) is 3.04. The number of amides is 3. The van der Waals surface area contributed by atoms with Crippen molar-refractivity contribution in [3.63, 3.8) is 0 Å². The molecule has 1 aliphatic carbocycles. The largest absolute Gasteiger partial charge is 0.384 e. The minimum Gasteiger partial charge on any atom is -0.384 e. The van der Waals surface area contributed by atoms with Gasteiger partial charge in [-0.25, -0.2) is 4.79 Å². The first-order valence-electron chi connectivity index (χ1n) is 6.32. The SMILES string of the molecule is COCC1(CNC(=O)CN2CCN(C)C2=O)CC1. The van der Waals surface area contributed by atoms with Crippen LogP contribution in [-0.4, -0.2) is 68.7 Å². The number of methoxy groups -OCH3 is 1. The van der Waals surface area contributed by atoms with Crippen LogP contribution in [0.1, 0.15) is 12.8 Å². The zero-order chi connectivity index (χ0) is 13.2. The fraction of sp³-hybridized carbons (Fsp3) is 0.833. The fourth-order valence-corrected chi connectivity index (χ4v) is 2.22. The zero-order valence-electron chi connectivity index (χ0n) is 11.1. The normalized spacial score (nSPS) is 21.3. The number of ether oxygens (including phenoxy) is 1. The highest BCUT2D eigenvalue weighted by molar-refractivity contribution is 5.85. The number of nitrogens with zero attached hydrogens (tertiary/aromatic N) is 2. The number of rotatable bonds is 6. The molecule has 2 rings (SSSR count). The molecule has 0 aromatic carbocycles. The Labute approximate surface area is 107 Å². The van der Waals surface area contributed by atoms with Crippen LogP contribution in [-0.2, 0) is 9.53 Å². The minimum atomic E-state index is -0.0824. The van der Waals surface area contributed by atoms with Crippen LogP contribution in [0.25, 0.3) is 0 Å². The maximum atomic E-state index is 11.8. The van der Waals surface area contributed by atoms with Gasteiger partial charge in [-0.15, -0.1) is 0 Å². The highest BCUT2D eigenvalue weighted by Gasteiger charge is 2.42. The van der Waals surface area contributed by atoms with Crippen molar-refractivity contribution in [3.8, 4) is 0 Å². The fourth-order valence-electron chi connectivity index (χ4n) is 2.22. The van der Waals surface area contributed by atoms with Crippen molar-refractivity contribution >= 4 is 11.9 Å². The van der Waals surface area contributed by atoms with Gasteiger partial charge in [-0.05, 0) is 12.8 Å². The molecule has 0 unspecified atom stereocenters. The molecule has 2 aliphatic rings. The zero-order valence-corrected chi connectivity index (χ0v) is 11.1. The molecule has 18 heavy (non-hydrogen) atoms. The summed E-state index contributed by atoms with van der Waals surface area (Å²) in [4.78, 5) is 26.6. The topological polar surface area (TPSA) is 61.9 Å². The van der Waals surface area contributed by atoms with E-state index in [1.165, 1.54) is 0 Å². The van der Waals surface area contributed by atoms with Gasteiger partial charge in [0.2, 0.25) is 5.91 Å². The van der Waals surface area contributed by atoms with Crippen molar-refractivity contribution in [2.75, 3.05) is 46.9 Å². The van der Waals surface area contributed by atoms with Crippen LogP contribution in [0.2, 0.25) is 0 Å². The molecule has 2 fully saturated rings. The van der Waals surface area contributed by atoms with Gasteiger partial charge in [0.1, 0.15) is 6.54 Å². The Morgan fingerprint density at radius 1 is 1.44 bits per heavy atom. The third-order valence-corrected chi connectivity index (χ3v) is 3.71. The summed E-state index contributed by atoms with van der Waals surface area (Å²) in [7, 11) is 3.43. The molecule has 0 aromatic rings. The first-order valence-corrected chi connectivity index (χ1v) is 6.32. The van der Waals surface area contributed by atoms with E-state index in [9.17, 15) is 9.59 Å². The number of carbonyl (C=O) groups excluding carboxylic acids is 2. The van der Waals surface area contributed by atoms with Crippen LogP contribution >= 0.6 is 0 Å². The lowest BCUT2D eigenvalue weighted by Crippen LogP contribution is -2.41. The minimum absolute atomic E-state index is 0.0665. The van der Waals surface area contributed by atoms with Crippen molar-refractivity contribution in [1.29, 1.82) is 0 Å². The maximum Gasteiger partial charge on any atom is 0.320 e. The smallest absolute Gasteiger partial charge is 0.320 e. The molecular weight excluding hydrogens is 234 g/mol. The molecule has 1 saturated carbocycles. The first kappa shape index (κ1) is 13.1. The molecule has 1 aliphatic heterocycles. The summed E-state index contributed by atoms with van der Waals surface area (Å²) >= 11 is 0. The molecule has 1 saturated heterocycles. The predicted octanol–water partition coefficient (Wildman–Crippen LogP) is -0.103. The first-order chi connectivity index (χ1) is 8.56. The number of carbonyl (C=O) groups is 2. The van der Waals surface area contributed by atoms with E-state index in [4.69, 9.17) is 4.74 Å². The second kappa shape index (κ2) is 5.14. The highest BCUT2D eigenvalue weighted by Crippen LogP contribution is 2.44. The third kappa shape index (κ3) is 2.93. The molecule has 0 atom stereocenters. The lowest BCUT2D eigenvalue weighted by Gasteiger charge is -2.18. The van der Waals surface area contributed by atoms with Crippen molar-refractivity contribution < 1.29 is 14.3 Å². The lowest BCUT2D eigenvalue weighted by atomic mass is 10.1. The standard InChI is InChI=1S/C12H21N3O3/c1-14-5-6-15(11(14)17)7-10(16)13-8-12(3-4-12)9-18-2/h3-9H2,1-2H3,(H,13,16). The molecular formula is C12H21N3O3. The van der Waals surface area contributed by atoms with Gasteiger partial charge in [-0.2, -0.15) is 0 Å². The summed E-state index contributed by atoms with van der Waals surface area (Å²) in [6, 6.07) is -0.0665. The molecule has 0 bridgehead atoms. The summed E-state index contributed by atoms with van der Waals surface area (Å²) in [6.45, 7) is 2.83. The summed E-state index contributed by atoms with van der Waals surface area (Å²) in [5, 5.41) is 2.90. The third-order valence-electron chi connectivity index (χ3n) is 3.71. The Morgan fingerprint density at radius 2 is 2.17 bits per heavy atom. The predicted molar refractivity (Wildman–Crippen MR) is 66.2 cm³/mol. The van der Waals surface area contributed by atoms with E-state index in [0.717, 1.165) is 12.8 Å². The molecule has 3 amide bonds. The van der Waals surface area contributed by atoms with E-state index in [-0.39, 0.29) is 23.9 Å². The molecule has 0 aromatic heterocycles. The molecule has 102 valence electrons. The number of nitrogens with one attached hydrogen (secondary N) is 1. The van der Waals surface area contributed by atoms with Crippen LogP contribution in [0.3, 0.4) is 0 Å². The Balaban J connectivity index is 1.71. The van der Waals surface area contributed by atoms with E-state index in [0.29, 0.717) is 26.2 Å². The van der Waals surface area contributed by atoms with E-state index >= 15 is 0 Å². The molecule has 6 nitrogen and oxygen atoms in total. The van der Waals surface area contributed by atoms with Gasteiger partial charge < -0.3 is 19.9 Å². The van der Waals surface area contributed by atoms with E-state index in [1.807, 2.05) is 0 Å². The van der Waals surface area contributed by atoms with E-state index in [1.54, 1.807) is 24.0 Å².